The highest BCUT2D eigenvalue weighted by atomic mass is 16.3. The van der Waals surface area contributed by atoms with Gasteiger partial charge in [-0.15, -0.1) is 0 Å². The third-order valence-corrected chi connectivity index (χ3v) is 3.73. The molecule has 0 spiro atoms. The van der Waals surface area contributed by atoms with E-state index in [1.54, 1.807) is 72.8 Å². The number of ketones is 1. The normalized spacial score (nSPS) is 8.74. The summed E-state index contributed by atoms with van der Waals surface area (Å²) in [6, 6.07) is 36.7. The molecule has 0 saturated carbocycles. The molecule has 34 heavy (non-hydrogen) atoms. The molecular formula is C30H36O4. The van der Waals surface area contributed by atoms with Crippen LogP contribution in [0.4, 0.5) is 0 Å². The van der Waals surface area contributed by atoms with Gasteiger partial charge in [0, 0.05) is 0 Å². The van der Waals surface area contributed by atoms with E-state index in [1.165, 1.54) is 19.4 Å². The second-order valence-electron chi connectivity index (χ2n) is 7.48. The fourth-order valence-electron chi connectivity index (χ4n) is 2.12. The molecule has 0 aliphatic rings. The average molecular weight is 461 g/mol. The first-order chi connectivity index (χ1) is 16.2. The predicted molar refractivity (Wildman–Crippen MR) is 141 cm³/mol. The van der Waals surface area contributed by atoms with Crippen molar-refractivity contribution in [3.05, 3.63) is 127 Å². The van der Waals surface area contributed by atoms with Gasteiger partial charge in [-0.1, -0.05) is 98.8 Å². The number of phenols is 3. The number of para-hydroxylation sites is 3. The molecule has 0 aliphatic carbocycles. The van der Waals surface area contributed by atoms with Crippen LogP contribution in [0.25, 0.3) is 0 Å². The predicted octanol–water partition coefficient (Wildman–Crippen LogP) is 7.58. The van der Waals surface area contributed by atoms with Gasteiger partial charge in [0.1, 0.15) is 23.0 Å². The van der Waals surface area contributed by atoms with Gasteiger partial charge in [0.05, 0.1) is 0 Å². The van der Waals surface area contributed by atoms with Gasteiger partial charge in [-0.2, -0.15) is 0 Å². The highest BCUT2D eigenvalue weighted by Crippen LogP contribution is 2.11. The van der Waals surface area contributed by atoms with Gasteiger partial charge in [0.25, 0.3) is 0 Å². The van der Waals surface area contributed by atoms with Gasteiger partial charge in [0.2, 0.25) is 0 Å². The SMILES string of the molecule is CC(C)=O.CC(C)c1ccccc1.Oc1ccccc1.Oc1ccccc1.Oc1ccccc1. The molecule has 0 aromatic heterocycles. The second-order valence-corrected chi connectivity index (χ2v) is 7.48. The van der Waals surface area contributed by atoms with Crippen molar-refractivity contribution in [2.24, 2.45) is 0 Å². The fraction of sp³-hybridized carbons (Fsp3) is 0.167. The lowest BCUT2D eigenvalue weighted by Crippen LogP contribution is -1.83. The number of aromatic hydroxyl groups is 3. The Morgan fingerprint density at radius 1 is 0.500 bits per heavy atom. The smallest absolute Gasteiger partial charge is 0.126 e. The minimum absolute atomic E-state index is 0.167. The molecule has 4 aromatic carbocycles. The van der Waals surface area contributed by atoms with E-state index in [4.69, 9.17) is 15.3 Å². The summed E-state index contributed by atoms with van der Waals surface area (Å²) >= 11 is 0. The molecule has 0 unspecified atom stereocenters. The van der Waals surface area contributed by atoms with E-state index >= 15 is 0 Å². The van der Waals surface area contributed by atoms with Gasteiger partial charge in [-0.3, -0.25) is 0 Å². The summed E-state index contributed by atoms with van der Waals surface area (Å²) in [5, 5.41) is 25.9. The number of hydrogen-bond acceptors (Lipinski definition) is 4. The van der Waals surface area contributed by atoms with E-state index in [1.807, 2.05) is 24.3 Å². The third-order valence-electron chi connectivity index (χ3n) is 3.73. The van der Waals surface area contributed by atoms with Crippen LogP contribution in [0.15, 0.2) is 121 Å². The van der Waals surface area contributed by atoms with Crippen molar-refractivity contribution in [2.75, 3.05) is 0 Å². The van der Waals surface area contributed by atoms with Crippen LogP contribution >= 0.6 is 0 Å². The highest BCUT2D eigenvalue weighted by Gasteiger charge is 1.93. The largest absolute Gasteiger partial charge is 0.508 e. The van der Waals surface area contributed by atoms with Crippen molar-refractivity contribution in [3.8, 4) is 17.2 Å². The average Bonchev–Trinajstić information content (AvgIpc) is 2.82. The summed E-state index contributed by atoms with van der Waals surface area (Å²) in [5.41, 5.74) is 1.41. The second kappa shape index (κ2) is 19.6. The first kappa shape index (κ1) is 30.0. The zero-order chi connectivity index (χ0) is 25.6. The summed E-state index contributed by atoms with van der Waals surface area (Å²) in [4.78, 5) is 9.44. The number of benzene rings is 4. The molecule has 0 fully saturated rings. The maximum Gasteiger partial charge on any atom is 0.126 e. The molecule has 0 amide bonds. The lowest BCUT2D eigenvalue weighted by atomic mass is 10.0. The standard InChI is InChI=1S/C9H12.3C6H6O.C3H6O/c1-8(2)9-6-4-3-5-7-9;3*7-6-4-2-1-3-5-6;1-3(2)4/h3-8H,1-2H3;3*1-5,7H;1-2H3. The summed E-state index contributed by atoms with van der Waals surface area (Å²) in [7, 11) is 0. The lowest BCUT2D eigenvalue weighted by Gasteiger charge is -2.01. The Bertz CT molecular complexity index is 878. The molecule has 4 heteroatoms. The van der Waals surface area contributed by atoms with Crippen LogP contribution in [0.3, 0.4) is 0 Å². The topological polar surface area (TPSA) is 77.8 Å². The van der Waals surface area contributed by atoms with Gasteiger partial charge < -0.3 is 20.1 Å². The maximum absolute atomic E-state index is 9.44. The number of carbonyl (C=O) groups excluding carboxylic acids is 1. The van der Waals surface area contributed by atoms with Crippen LogP contribution in [-0.2, 0) is 4.79 Å². The Labute approximate surface area is 203 Å². The number of hydrogen-bond donors (Lipinski definition) is 3. The number of phenolic OH excluding ortho intramolecular Hbond substituents is 3. The Kier molecular flexibility index (Phi) is 17.3. The molecule has 0 radical (unpaired) electrons. The molecule has 0 bridgehead atoms. The van der Waals surface area contributed by atoms with E-state index in [2.05, 4.69) is 38.1 Å². The van der Waals surface area contributed by atoms with Crippen molar-refractivity contribution < 1.29 is 20.1 Å². The Hall–Kier alpha value is -4.05. The van der Waals surface area contributed by atoms with Gasteiger partial charge >= 0.3 is 0 Å². The number of Topliss-reactive ketones (excluding diaryl/α,β-unsaturated/α-hetero) is 1. The zero-order valence-corrected chi connectivity index (χ0v) is 20.4. The number of carbonyl (C=O) groups is 1. The summed E-state index contributed by atoms with van der Waals surface area (Å²) in [5.74, 6) is 1.79. The molecule has 0 atom stereocenters. The Balaban J connectivity index is 0.000000408. The summed E-state index contributed by atoms with van der Waals surface area (Å²) < 4.78 is 0. The van der Waals surface area contributed by atoms with Crippen LogP contribution in [0.5, 0.6) is 17.2 Å². The van der Waals surface area contributed by atoms with Crippen LogP contribution < -0.4 is 0 Å². The molecule has 3 N–H and O–H groups in total. The van der Waals surface area contributed by atoms with Crippen molar-refractivity contribution >= 4 is 5.78 Å². The molecule has 4 nitrogen and oxygen atoms in total. The van der Waals surface area contributed by atoms with Crippen molar-refractivity contribution in [3.63, 3.8) is 0 Å². The third kappa shape index (κ3) is 19.9. The van der Waals surface area contributed by atoms with E-state index in [0.717, 1.165) is 0 Å². The maximum atomic E-state index is 9.44. The minimum atomic E-state index is 0.167. The summed E-state index contributed by atoms with van der Waals surface area (Å²) in [6.45, 7) is 7.46. The molecule has 0 aliphatic heterocycles. The first-order valence-corrected chi connectivity index (χ1v) is 11.0. The fourth-order valence-corrected chi connectivity index (χ4v) is 2.12. The monoisotopic (exact) mass is 460 g/mol. The van der Waals surface area contributed by atoms with Gasteiger partial charge in [-0.25, -0.2) is 0 Å². The highest BCUT2D eigenvalue weighted by molar-refractivity contribution is 5.72. The van der Waals surface area contributed by atoms with Crippen molar-refractivity contribution in [1.82, 2.24) is 0 Å². The minimum Gasteiger partial charge on any atom is -0.508 e. The summed E-state index contributed by atoms with van der Waals surface area (Å²) in [6.07, 6.45) is 0. The van der Waals surface area contributed by atoms with Crippen LogP contribution in [0.1, 0.15) is 39.2 Å². The molecule has 0 saturated heterocycles. The van der Waals surface area contributed by atoms with Crippen LogP contribution in [-0.4, -0.2) is 21.1 Å². The van der Waals surface area contributed by atoms with E-state index in [-0.39, 0.29) is 5.78 Å². The van der Waals surface area contributed by atoms with Crippen LogP contribution in [0.2, 0.25) is 0 Å². The first-order valence-electron chi connectivity index (χ1n) is 11.0. The quantitative estimate of drug-likeness (QED) is 0.273. The Morgan fingerprint density at radius 2 is 0.706 bits per heavy atom. The molecular weight excluding hydrogens is 424 g/mol. The molecule has 4 rings (SSSR count). The van der Waals surface area contributed by atoms with Gasteiger partial charge in [-0.05, 0) is 61.7 Å². The Morgan fingerprint density at radius 3 is 0.824 bits per heavy atom. The van der Waals surface area contributed by atoms with E-state index in [9.17, 15) is 4.79 Å². The number of rotatable bonds is 1. The van der Waals surface area contributed by atoms with E-state index < -0.39 is 0 Å². The van der Waals surface area contributed by atoms with Gasteiger partial charge in [0.15, 0.2) is 0 Å². The van der Waals surface area contributed by atoms with Crippen molar-refractivity contribution in [1.29, 1.82) is 0 Å². The molecule has 180 valence electrons. The lowest BCUT2D eigenvalue weighted by molar-refractivity contribution is -0.115. The molecule has 4 aromatic rings. The zero-order valence-electron chi connectivity index (χ0n) is 20.4. The van der Waals surface area contributed by atoms with Crippen LogP contribution in [0, 0.1) is 0 Å². The van der Waals surface area contributed by atoms with Crippen molar-refractivity contribution in [2.45, 2.75) is 33.6 Å². The van der Waals surface area contributed by atoms with E-state index in [0.29, 0.717) is 23.2 Å². The molecule has 0 heterocycles.